The number of benzene rings is 2. The van der Waals surface area contributed by atoms with Gasteiger partial charge in [0.1, 0.15) is 43.4 Å². The molecule has 162 valence electrons. The Balaban J connectivity index is 1.61. The highest BCUT2D eigenvalue weighted by atomic mass is 35.5. The molecule has 3 N–H and O–H groups in total. The Kier molecular flexibility index (Phi) is 7.65. The maximum absolute atomic E-state index is 12.5. The third kappa shape index (κ3) is 5.48. The Morgan fingerprint density at radius 1 is 1.07 bits per heavy atom. The molecule has 0 aromatic heterocycles. The second-order valence-corrected chi connectivity index (χ2v) is 7.24. The van der Waals surface area contributed by atoms with E-state index in [1.54, 1.807) is 6.07 Å². The number of ether oxygens (including phenoxy) is 4. The molecular formula is C21H23ClO8. The van der Waals surface area contributed by atoms with Gasteiger partial charge in [-0.15, -0.1) is 0 Å². The Bertz CT molecular complexity index is 844. The number of aliphatic hydroxyl groups is 3. The molecule has 2 aromatic rings. The van der Waals surface area contributed by atoms with Gasteiger partial charge < -0.3 is 34.3 Å². The third-order valence-electron chi connectivity index (χ3n) is 4.63. The van der Waals surface area contributed by atoms with Crippen molar-refractivity contribution in [1.82, 2.24) is 0 Å². The number of aliphatic hydroxyl groups excluding tert-OH is 3. The van der Waals surface area contributed by atoms with E-state index in [1.807, 2.05) is 30.3 Å². The molecule has 2 aromatic carbocycles. The van der Waals surface area contributed by atoms with Gasteiger partial charge in [-0.1, -0.05) is 41.9 Å². The van der Waals surface area contributed by atoms with Crippen LogP contribution in [0.25, 0.3) is 0 Å². The third-order valence-corrected chi connectivity index (χ3v) is 4.85. The van der Waals surface area contributed by atoms with Gasteiger partial charge in [-0.05, 0) is 23.8 Å². The van der Waals surface area contributed by atoms with Gasteiger partial charge in [-0.2, -0.15) is 0 Å². The number of methoxy groups -OCH3 is 1. The standard InChI is InChI=1S/C21H23ClO8/c1-27-21-19(25)18(24)17(23)16(30-21)11-29-20(26)13-7-14(22)9-15(8-13)28-10-12-5-3-2-4-6-12/h2-9,16-19,21,23-25H,10-11H2,1H3/t16-,17-,18+,19-,21-/m1/s1. The summed E-state index contributed by atoms with van der Waals surface area (Å²) in [7, 11) is 1.28. The smallest absolute Gasteiger partial charge is 0.338 e. The summed E-state index contributed by atoms with van der Waals surface area (Å²) in [5, 5.41) is 30.0. The van der Waals surface area contributed by atoms with Crippen LogP contribution in [0.15, 0.2) is 48.5 Å². The minimum absolute atomic E-state index is 0.153. The number of hydrogen-bond donors (Lipinski definition) is 3. The molecule has 1 heterocycles. The van der Waals surface area contributed by atoms with Gasteiger partial charge >= 0.3 is 5.97 Å². The first-order valence-corrected chi connectivity index (χ1v) is 9.63. The second-order valence-electron chi connectivity index (χ2n) is 6.80. The van der Waals surface area contributed by atoms with Crippen LogP contribution in [0.3, 0.4) is 0 Å². The van der Waals surface area contributed by atoms with Crippen molar-refractivity contribution in [1.29, 1.82) is 0 Å². The van der Waals surface area contributed by atoms with Crippen molar-refractivity contribution < 1.29 is 39.1 Å². The molecule has 1 saturated heterocycles. The normalized spacial score (nSPS) is 26.2. The molecule has 9 heteroatoms. The summed E-state index contributed by atoms with van der Waals surface area (Å²) in [4.78, 5) is 12.5. The highest BCUT2D eigenvalue weighted by Gasteiger charge is 2.44. The molecule has 0 saturated carbocycles. The molecule has 3 rings (SSSR count). The highest BCUT2D eigenvalue weighted by molar-refractivity contribution is 6.31. The Labute approximate surface area is 178 Å². The lowest BCUT2D eigenvalue weighted by atomic mass is 9.99. The van der Waals surface area contributed by atoms with Crippen molar-refractivity contribution in [3.05, 3.63) is 64.7 Å². The number of carbonyl (C=O) groups excluding carboxylic acids is 1. The van der Waals surface area contributed by atoms with E-state index in [9.17, 15) is 20.1 Å². The van der Waals surface area contributed by atoms with Crippen molar-refractivity contribution in [2.45, 2.75) is 37.3 Å². The van der Waals surface area contributed by atoms with Crippen molar-refractivity contribution in [2.75, 3.05) is 13.7 Å². The summed E-state index contributed by atoms with van der Waals surface area (Å²) >= 11 is 6.09. The predicted molar refractivity (Wildman–Crippen MR) is 106 cm³/mol. The quantitative estimate of drug-likeness (QED) is 0.557. The topological polar surface area (TPSA) is 115 Å². The van der Waals surface area contributed by atoms with Gasteiger partial charge in [-0.3, -0.25) is 0 Å². The van der Waals surface area contributed by atoms with Crippen molar-refractivity contribution in [3.8, 4) is 5.75 Å². The van der Waals surface area contributed by atoms with E-state index in [4.69, 9.17) is 30.5 Å². The Morgan fingerprint density at radius 3 is 2.50 bits per heavy atom. The zero-order chi connectivity index (χ0) is 21.7. The van der Waals surface area contributed by atoms with Crippen LogP contribution in [0.2, 0.25) is 5.02 Å². The van der Waals surface area contributed by atoms with Gasteiger partial charge in [0.15, 0.2) is 6.29 Å². The molecule has 1 aliphatic rings. The van der Waals surface area contributed by atoms with E-state index < -0.39 is 36.7 Å². The average Bonchev–Trinajstić information content (AvgIpc) is 2.76. The highest BCUT2D eigenvalue weighted by Crippen LogP contribution is 2.24. The summed E-state index contributed by atoms with van der Waals surface area (Å²) < 4.78 is 21.2. The maximum atomic E-state index is 12.5. The summed E-state index contributed by atoms with van der Waals surface area (Å²) in [6.07, 6.45) is -6.62. The fourth-order valence-corrected chi connectivity index (χ4v) is 3.22. The van der Waals surface area contributed by atoms with E-state index in [0.29, 0.717) is 17.4 Å². The molecule has 0 spiro atoms. The molecule has 0 aliphatic carbocycles. The zero-order valence-electron chi connectivity index (χ0n) is 16.2. The molecular weight excluding hydrogens is 416 g/mol. The molecule has 1 fully saturated rings. The SMILES string of the molecule is CO[C@@H]1O[C@H](COC(=O)c2cc(Cl)cc(OCc3ccccc3)c2)[C@@H](O)[C@H](O)[C@H]1O. The largest absolute Gasteiger partial charge is 0.489 e. The minimum Gasteiger partial charge on any atom is -0.489 e. The maximum Gasteiger partial charge on any atom is 0.338 e. The lowest BCUT2D eigenvalue weighted by Crippen LogP contribution is -2.59. The van der Waals surface area contributed by atoms with Gasteiger partial charge in [0.25, 0.3) is 0 Å². The van der Waals surface area contributed by atoms with E-state index in [-0.39, 0.29) is 12.2 Å². The van der Waals surface area contributed by atoms with Gasteiger partial charge in [0.2, 0.25) is 0 Å². The summed E-state index contributed by atoms with van der Waals surface area (Å²) in [6.45, 7) is -0.0627. The van der Waals surface area contributed by atoms with E-state index in [1.165, 1.54) is 19.2 Å². The van der Waals surface area contributed by atoms with Crippen LogP contribution < -0.4 is 4.74 Å². The van der Waals surface area contributed by atoms with Gasteiger partial charge in [-0.25, -0.2) is 4.79 Å². The first-order valence-electron chi connectivity index (χ1n) is 9.26. The van der Waals surface area contributed by atoms with Crippen LogP contribution >= 0.6 is 11.6 Å². The number of hydrogen-bond acceptors (Lipinski definition) is 8. The first-order chi connectivity index (χ1) is 14.4. The first kappa shape index (κ1) is 22.5. The number of esters is 1. The predicted octanol–water partition coefficient (Wildman–Crippen LogP) is 1.53. The van der Waals surface area contributed by atoms with Crippen molar-refractivity contribution in [3.63, 3.8) is 0 Å². The van der Waals surface area contributed by atoms with Crippen LogP contribution in [0.4, 0.5) is 0 Å². The number of halogens is 1. The van der Waals surface area contributed by atoms with Crippen LogP contribution in [0.5, 0.6) is 5.75 Å². The van der Waals surface area contributed by atoms with Crippen molar-refractivity contribution >= 4 is 17.6 Å². The van der Waals surface area contributed by atoms with E-state index >= 15 is 0 Å². The molecule has 8 nitrogen and oxygen atoms in total. The Hall–Kier alpha value is -2.20. The summed E-state index contributed by atoms with van der Waals surface area (Å²) in [5.74, 6) is -0.322. The van der Waals surface area contributed by atoms with Gasteiger partial charge in [0, 0.05) is 12.1 Å². The fraction of sp³-hybridized carbons (Fsp3) is 0.381. The molecule has 0 amide bonds. The number of carbonyl (C=O) groups is 1. The monoisotopic (exact) mass is 438 g/mol. The van der Waals surface area contributed by atoms with Crippen LogP contribution in [0, 0.1) is 0 Å². The Morgan fingerprint density at radius 2 is 1.80 bits per heavy atom. The van der Waals surface area contributed by atoms with Crippen LogP contribution in [-0.4, -0.2) is 65.7 Å². The van der Waals surface area contributed by atoms with Crippen molar-refractivity contribution in [2.24, 2.45) is 0 Å². The lowest BCUT2D eigenvalue weighted by molar-refractivity contribution is -0.294. The van der Waals surface area contributed by atoms with E-state index in [0.717, 1.165) is 5.56 Å². The zero-order valence-corrected chi connectivity index (χ0v) is 16.9. The summed E-state index contributed by atoms with van der Waals surface area (Å²) in [5.41, 5.74) is 1.11. The van der Waals surface area contributed by atoms with Crippen LogP contribution in [-0.2, 0) is 20.8 Å². The summed E-state index contributed by atoms with van der Waals surface area (Å²) in [6, 6.07) is 14.0. The molecule has 0 unspecified atom stereocenters. The fourth-order valence-electron chi connectivity index (χ4n) is 3.00. The molecule has 30 heavy (non-hydrogen) atoms. The minimum atomic E-state index is -1.50. The lowest BCUT2D eigenvalue weighted by Gasteiger charge is -2.39. The van der Waals surface area contributed by atoms with E-state index in [2.05, 4.69) is 0 Å². The molecule has 0 bridgehead atoms. The van der Waals surface area contributed by atoms with Crippen LogP contribution in [0.1, 0.15) is 15.9 Å². The van der Waals surface area contributed by atoms with Gasteiger partial charge in [0.05, 0.1) is 5.56 Å². The number of rotatable bonds is 7. The molecule has 1 aliphatic heterocycles. The molecule has 0 radical (unpaired) electrons. The average molecular weight is 439 g/mol. The molecule has 5 atom stereocenters. The second kappa shape index (κ2) is 10.2.